The lowest BCUT2D eigenvalue weighted by Crippen LogP contribution is -2.25. The van der Waals surface area contributed by atoms with Crippen molar-refractivity contribution in [3.63, 3.8) is 0 Å². The summed E-state index contributed by atoms with van der Waals surface area (Å²) < 4.78 is 11.2. The standard InChI is InChI=1S/C20H23BrN2O4/c1-3-10-22-20(25)15-6-4-5-7-17(15)23-19(24)14-8-9-18(16(21)13-14)27-12-11-26-2/h4-9,13H,3,10-12H2,1-2H3,(H,22,25)(H,23,24). The molecule has 0 bridgehead atoms. The number of methoxy groups -OCH3 is 1. The Labute approximate surface area is 167 Å². The van der Waals surface area contributed by atoms with Gasteiger partial charge in [-0.05, 0) is 52.7 Å². The molecule has 144 valence electrons. The van der Waals surface area contributed by atoms with Gasteiger partial charge in [-0.2, -0.15) is 0 Å². The molecule has 0 aliphatic heterocycles. The van der Waals surface area contributed by atoms with E-state index in [0.717, 1.165) is 6.42 Å². The molecular weight excluding hydrogens is 412 g/mol. The first-order valence-corrected chi connectivity index (χ1v) is 9.46. The number of anilines is 1. The molecule has 2 aromatic rings. The normalized spacial score (nSPS) is 10.3. The number of carbonyl (C=O) groups excluding carboxylic acids is 2. The highest BCUT2D eigenvalue weighted by Crippen LogP contribution is 2.26. The van der Waals surface area contributed by atoms with Crippen molar-refractivity contribution in [1.29, 1.82) is 0 Å². The van der Waals surface area contributed by atoms with Crippen molar-refractivity contribution in [3.05, 3.63) is 58.1 Å². The summed E-state index contributed by atoms with van der Waals surface area (Å²) >= 11 is 3.41. The van der Waals surface area contributed by atoms with Crippen molar-refractivity contribution in [2.24, 2.45) is 0 Å². The zero-order chi connectivity index (χ0) is 19.6. The fourth-order valence-electron chi connectivity index (χ4n) is 2.31. The summed E-state index contributed by atoms with van der Waals surface area (Å²) in [6, 6.07) is 12.0. The SMILES string of the molecule is CCCNC(=O)c1ccccc1NC(=O)c1ccc(OCCOC)c(Br)c1. The minimum absolute atomic E-state index is 0.212. The third-order valence-corrected chi connectivity index (χ3v) is 4.31. The Kier molecular flexibility index (Phi) is 8.29. The number of halogens is 1. The Balaban J connectivity index is 2.11. The minimum atomic E-state index is -0.310. The van der Waals surface area contributed by atoms with Crippen LogP contribution in [0.3, 0.4) is 0 Å². The predicted molar refractivity (Wildman–Crippen MR) is 109 cm³/mol. The third-order valence-electron chi connectivity index (χ3n) is 3.69. The van der Waals surface area contributed by atoms with Crippen molar-refractivity contribution in [2.45, 2.75) is 13.3 Å². The summed E-state index contributed by atoms with van der Waals surface area (Å²) in [7, 11) is 1.60. The average Bonchev–Trinajstić information content (AvgIpc) is 2.67. The van der Waals surface area contributed by atoms with E-state index in [2.05, 4.69) is 26.6 Å². The van der Waals surface area contributed by atoms with Crippen LogP contribution in [0.15, 0.2) is 46.9 Å². The van der Waals surface area contributed by atoms with Crippen molar-refractivity contribution < 1.29 is 19.1 Å². The summed E-state index contributed by atoms with van der Waals surface area (Å²) in [4.78, 5) is 24.9. The number of rotatable bonds is 9. The number of hydrogen-bond donors (Lipinski definition) is 2. The van der Waals surface area contributed by atoms with Gasteiger partial charge in [0, 0.05) is 19.2 Å². The lowest BCUT2D eigenvalue weighted by atomic mass is 10.1. The molecule has 2 N–H and O–H groups in total. The molecule has 2 rings (SSSR count). The number of benzene rings is 2. The number of carbonyl (C=O) groups is 2. The highest BCUT2D eigenvalue weighted by Gasteiger charge is 2.15. The van der Waals surface area contributed by atoms with Gasteiger partial charge >= 0.3 is 0 Å². The molecular formula is C20H23BrN2O4. The van der Waals surface area contributed by atoms with Crippen LogP contribution >= 0.6 is 15.9 Å². The van der Waals surface area contributed by atoms with Crippen LogP contribution in [0.5, 0.6) is 5.75 Å². The monoisotopic (exact) mass is 434 g/mol. The molecule has 0 saturated carbocycles. The molecule has 6 nitrogen and oxygen atoms in total. The molecule has 0 aromatic heterocycles. The van der Waals surface area contributed by atoms with Crippen LogP contribution in [0.1, 0.15) is 34.1 Å². The van der Waals surface area contributed by atoms with Gasteiger partial charge in [0.1, 0.15) is 12.4 Å². The third kappa shape index (κ3) is 6.08. The maximum atomic E-state index is 12.6. The first kappa shape index (κ1) is 20.9. The molecule has 0 spiro atoms. The summed E-state index contributed by atoms with van der Waals surface area (Å²) in [6.45, 7) is 3.46. The number of hydrogen-bond acceptors (Lipinski definition) is 4. The minimum Gasteiger partial charge on any atom is -0.490 e. The van der Waals surface area contributed by atoms with Crippen LogP contribution in [0, 0.1) is 0 Å². The summed E-state index contributed by atoms with van der Waals surface area (Å²) in [5, 5.41) is 5.62. The van der Waals surface area contributed by atoms with Crippen LogP contribution in [-0.4, -0.2) is 38.7 Å². The summed E-state index contributed by atoms with van der Waals surface area (Å²) in [5.41, 5.74) is 1.34. The Morgan fingerprint density at radius 2 is 1.85 bits per heavy atom. The van der Waals surface area contributed by atoms with Crippen LogP contribution in [0.4, 0.5) is 5.69 Å². The average molecular weight is 435 g/mol. The van der Waals surface area contributed by atoms with Crippen molar-refractivity contribution >= 4 is 33.4 Å². The van der Waals surface area contributed by atoms with Gasteiger partial charge in [-0.3, -0.25) is 9.59 Å². The molecule has 0 fully saturated rings. The zero-order valence-corrected chi connectivity index (χ0v) is 17.0. The second-order valence-corrected chi connectivity index (χ2v) is 6.60. The second-order valence-electron chi connectivity index (χ2n) is 5.74. The van der Waals surface area contributed by atoms with E-state index in [0.29, 0.717) is 46.8 Å². The number of amides is 2. The van der Waals surface area contributed by atoms with Gasteiger partial charge < -0.3 is 20.1 Å². The van der Waals surface area contributed by atoms with E-state index in [1.165, 1.54) is 0 Å². The first-order chi connectivity index (χ1) is 13.1. The van der Waals surface area contributed by atoms with Crippen molar-refractivity contribution in [1.82, 2.24) is 5.32 Å². The second kappa shape index (κ2) is 10.7. The maximum absolute atomic E-state index is 12.6. The first-order valence-electron chi connectivity index (χ1n) is 8.66. The molecule has 0 radical (unpaired) electrons. The number of nitrogens with one attached hydrogen (secondary N) is 2. The van der Waals surface area contributed by atoms with Gasteiger partial charge in [-0.1, -0.05) is 19.1 Å². The Morgan fingerprint density at radius 1 is 1.07 bits per heavy atom. The topological polar surface area (TPSA) is 76.7 Å². The quantitative estimate of drug-likeness (QED) is 0.587. The predicted octanol–water partition coefficient (Wildman–Crippen LogP) is 3.87. The van der Waals surface area contributed by atoms with Crippen LogP contribution in [-0.2, 0) is 4.74 Å². The van der Waals surface area contributed by atoms with Gasteiger partial charge in [0.15, 0.2) is 0 Å². The van der Waals surface area contributed by atoms with E-state index in [9.17, 15) is 9.59 Å². The fourth-order valence-corrected chi connectivity index (χ4v) is 2.81. The van der Waals surface area contributed by atoms with Gasteiger partial charge in [-0.25, -0.2) is 0 Å². The maximum Gasteiger partial charge on any atom is 0.255 e. The number of para-hydroxylation sites is 1. The summed E-state index contributed by atoms with van der Waals surface area (Å²) in [5.74, 6) is 0.105. The molecule has 0 aliphatic carbocycles. The molecule has 2 aromatic carbocycles. The molecule has 0 heterocycles. The fraction of sp³-hybridized carbons (Fsp3) is 0.300. The molecule has 27 heavy (non-hydrogen) atoms. The lowest BCUT2D eigenvalue weighted by Gasteiger charge is -2.12. The zero-order valence-electron chi connectivity index (χ0n) is 15.4. The van der Waals surface area contributed by atoms with Gasteiger partial charge in [0.2, 0.25) is 0 Å². The van der Waals surface area contributed by atoms with Gasteiger partial charge in [0.05, 0.1) is 22.3 Å². The van der Waals surface area contributed by atoms with E-state index in [-0.39, 0.29) is 11.8 Å². The van der Waals surface area contributed by atoms with E-state index in [1.54, 1.807) is 49.6 Å². The van der Waals surface area contributed by atoms with Crippen molar-refractivity contribution in [3.8, 4) is 5.75 Å². The largest absolute Gasteiger partial charge is 0.490 e. The lowest BCUT2D eigenvalue weighted by molar-refractivity contribution is 0.0954. The smallest absolute Gasteiger partial charge is 0.255 e. The molecule has 7 heteroatoms. The van der Waals surface area contributed by atoms with E-state index in [1.807, 2.05) is 6.92 Å². The van der Waals surface area contributed by atoms with E-state index in [4.69, 9.17) is 9.47 Å². The molecule has 0 aliphatic rings. The molecule has 0 atom stereocenters. The van der Waals surface area contributed by atoms with Crippen LogP contribution in [0.2, 0.25) is 0 Å². The van der Waals surface area contributed by atoms with Crippen LogP contribution in [0.25, 0.3) is 0 Å². The highest BCUT2D eigenvalue weighted by atomic mass is 79.9. The molecule has 2 amide bonds. The highest BCUT2D eigenvalue weighted by molar-refractivity contribution is 9.10. The Bertz CT molecular complexity index is 795. The molecule has 0 unspecified atom stereocenters. The Hall–Kier alpha value is -2.38. The van der Waals surface area contributed by atoms with Gasteiger partial charge in [0.25, 0.3) is 11.8 Å². The van der Waals surface area contributed by atoms with Crippen molar-refractivity contribution in [2.75, 3.05) is 32.2 Å². The van der Waals surface area contributed by atoms with Gasteiger partial charge in [-0.15, -0.1) is 0 Å². The van der Waals surface area contributed by atoms with E-state index < -0.39 is 0 Å². The Morgan fingerprint density at radius 3 is 2.56 bits per heavy atom. The van der Waals surface area contributed by atoms with Crippen LogP contribution < -0.4 is 15.4 Å². The number of ether oxygens (including phenoxy) is 2. The van der Waals surface area contributed by atoms with E-state index >= 15 is 0 Å². The summed E-state index contributed by atoms with van der Waals surface area (Å²) in [6.07, 6.45) is 0.840. The molecule has 0 saturated heterocycles.